The molecule has 2 aliphatic heterocycles. The third kappa shape index (κ3) is 5.09. The number of carbonyl (C=O) groups is 2. The van der Waals surface area contributed by atoms with Gasteiger partial charge in [0.05, 0.1) is 12.2 Å². The normalized spacial score (nSPS) is 19.0. The Kier molecular flexibility index (Phi) is 6.17. The van der Waals surface area contributed by atoms with Gasteiger partial charge in [-0.3, -0.25) is 14.6 Å². The lowest BCUT2D eigenvalue weighted by molar-refractivity contribution is -0.131. The van der Waals surface area contributed by atoms with Crippen LogP contribution in [0.4, 0.5) is 4.79 Å². The second-order valence-corrected chi connectivity index (χ2v) is 9.68. The zero-order valence-corrected chi connectivity index (χ0v) is 19.0. The minimum absolute atomic E-state index is 0.319. The van der Waals surface area contributed by atoms with Gasteiger partial charge in [-0.25, -0.2) is 9.69 Å². The summed E-state index contributed by atoms with van der Waals surface area (Å²) in [5.41, 5.74) is 0.951. The topological polar surface area (TPSA) is 53.1 Å². The second-order valence-electron chi connectivity index (χ2n) is 9.68. The average Bonchev–Trinajstić information content (AvgIpc) is 3.03. The standard InChI is InChI=1S/C26H31N3O3/c1-25(2,3)32-24(31)29-23(30)14-15-26(29)18-27(16-21-10-6-4-7-11-21)20-28(19-26)17-22-12-8-5-9-13-22/h4-15H,16-20H2,1-3H3. The molecule has 6 nitrogen and oxygen atoms in total. The van der Waals surface area contributed by atoms with E-state index < -0.39 is 17.2 Å². The first-order chi connectivity index (χ1) is 15.2. The number of carbonyl (C=O) groups excluding carboxylic acids is 2. The van der Waals surface area contributed by atoms with Crippen molar-refractivity contribution >= 4 is 12.0 Å². The summed E-state index contributed by atoms with van der Waals surface area (Å²) in [5.74, 6) is -0.319. The number of amides is 2. The van der Waals surface area contributed by atoms with E-state index in [9.17, 15) is 9.59 Å². The van der Waals surface area contributed by atoms with E-state index in [0.29, 0.717) is 13.1 Å². The van der Waals surface area contributed by atoms with Crippen molar-refractivity contribution in [3.05, 3.63) is 83.9 Å². The monoisotopic (exact) mass is 433 g/mol. The highest BCUT2D eigenvalue weighted by atomic mass is 16.6. The Morgan fingerprint density at radius 1 is 0.906 bits per heavy atom. The molecule has 32 heavy (non-hydrogen) atoms. The number of rotatable bonds is 4. The Hall–Kier alpha value is -2.96. The summed E-state index contributed by atoms with van der Waals surface area (Å²) in [5, 5.41) is 0. The number of hydrogen-bond acceptors (Lipinski definition) is 5. The lowest BCUT2D eigenvalue weighted by Gasteiger charge is -2.48. The average molecular weight is 434 g/mol. The molecule has 0 aromatic heterocycles. The number of nitrogens with zero attached hydrogens (tertiary/aromatic N) is 3. The van der Waals surface area contributed by atoms with E-state index in [1.165, 1.54) is 22.1 Å². The van der Waals surface area contributed by atoms with Crippen LogP contribution in [0.15, 0.2) is 72.8 Å². The van der Waals surface area contributed by atoms with E-state index >= 15 is 0 Å². The van der Waals surface area contributed by atoms with Gasteiger partial charge in [-0.15, -0.1) is 0 Å². The Morgan fingerprint density at radius 3 is 1.88 bits per heavy atom. The maximum absolute atomic E-state index is 13.1. The fraction of sp³-hybridized carbons (Fsp3) is 0.385. The molecule has 0 aliphatic carbocycles. The van der Waals surface area contributed by atoms with Gasteiger partial charge in [0, 0.05) is 32.3 Å². The first-order valence-corrected chi connectivity index (χ1v) is 11.0. The summed E-state index contributed by atoms with van der Waals surface area (Å²) in [7, 11) is 0. The van der Waals surface area contributed by atoms with Gasteiger partial charge in [0.15, 0.2) is 0 Å². The van der Waals surface area contributed by atoms with E-state index in [4.69, 9.17) is 4.74 Å². The highest BCUT2D eigenvalue weighted by Crippen LogP contribution is 2.33. The fourth-order valence-electron chi connectivity index (χ4n) is 4.52. The van der Waals surface area contributed by atoms with Crippen LogP contribution in [-0.4, -0.2) is 57.6 Å². The van der Waals surface area contributed by atoms with E-state index in [2.05, 4.69) is 34.1 Å². The summed E-state index contributed by atoms with van der Waals surface area (Å²) in [6.07, 6.45) is 2.80. The van der Waals surface area contributed by atoms with Crippen molar-refractivity contribution in [1.82, 2.24) is 14.7 Å². The molecule has 2 aromatic carbocycles. The van der Waals surface area contributed by atoms with Gasteiger partial charge >= 0.3 is 6.09 Å². The van der Waals surface area contributed by atoms with Crippen molar-refractivity contribution in [2.75, 3.05) is 19.8 Å². The summed E-state index contributed by atoms with van der Waals surface area (Å²) in [4.78, 5) is 31.8. The molecule has 2 amide bonds. The SMILES string of the molecule is CC(C)(C)OC(=O)N1C(=O)C=CC12CN(Cc1ccccc1)CN(Cc1ccccc1)C2. The highest BCUT2D eigenvalue weighted by Gasteiger charge is 2.50. The van der Waals surface area contributed by atoms with Gasteiger partial charge in [0.1, 0.15) is 5.60 Å². The molecule has 1 spiro atoms. The molecule has 0 radical (unpaired) electrons. The molecule has 6 heteroatoms. The summed E-state index contributed by atoms with van der Waals surface area (Å²) in [6.45, 7) is 8.79. The molecule has 2 heterocycles. The Morgan fingerprint density at radius 2 is 1.41 bits per heavy atom. The maximum atomic E-state index is 13.1. The van der Waals surface area contributed by atoms with Gasteiger partial charge in [0.2, 0.25) is 0 Å². The van der Waals surface area contributed by atoms with E-state index in [-0.39, 0.29) is 5.91 Å². The number of benzene rings is 2. The minimum atomic E-state index is -0.763. The van der Waals surface area contributed by atoms with Gasteiger partial charge in [0.25, 0.3) is 5.91 Å². The molecular formula is C26H31N3O3. The molecule has 2 aromatic rings. The Bertz CT molecular complexity index is 933. The van der Waals surface area contributed by atoms with Crippen LogP contribution in [0, 0.1) is 0 Å². The molecular weight excluding hydrogens is 402 g/mol. The molecule has 0 atom stereocenters. The molecule has 0 saturated carbocycles. The first-order valence-electron chi connectivity index (χ1n) is 11.0. The predicted octanol–water partition coefficient (Wildman–Crippen LogP) is 4.03. The van der Waals surface area contributed by atoms with E-state index in [1.807, 2.05) is 63.2 Å². The van der Waals surface area contributed by atoms with Crippen molar-refractivity contribution in [3.8, 4) is 0 Å². The van der Waals surface area contributed by atoms with Crippen molar-refractivity contribution in [3.63, 3.8) is 0 Å². The van der Waals surface area contributed by atoms with Crippen LogP contribution >= 0.6 is 0 Å². The molecule has 0 unspecified atom stereocenters. The Labute approximate surface area is 190 Å². The van der Waals surface area contributed by atoms with Crippen LogP contribution < -0.4 is 0 Å². The van der Waals surface area contributed by atoms with Crippen LogP contribution in [0.25, 0.3) is 0 Å². The van der Waals surface area contributed by atoms with Gasteiger partial charge in [-0.1, -0.05) is 66.7 Å². The van der Waals surface area contributed by atoms with Crippen molar-refractivity contribution in [2.45, 2.75) is 45.0 Å². The molecule has 4 rings (SSSR count). The number of ether oxygens (including phenoxy) is 1. The van der Waals surface area contributed by atoms with Crippen LogP contribution in [0.2, 0.25) is 0 Å². The van der Waals surface area contributed by atoms with Crippen LogP contribution in [0.3, 0.4) is 0 Å². The molecule has 168 valence electrons. The molecule has 1 saturated heterocycles. The fourth-order valence-corrected chi connectivity index (χ4v) is 4.52. The predicted molar refractivity (Wildman–Crippen MR) is 124 cm³/mol. The maximum Gasteiger partial charge on any atom is 0.418 e. The summed E-state index contributed by atoms with van der Waals surface area (Å²) in [6, 6.07) is 20.5. The lowest BCUT2D eigenvalue weighted by atomic mass is 9.95. The quantitative estimate of drug-likeness (QED) is 0.729. The highest BCUT2D eigenvalue weighted by molar-refractivity contribution is 6.02. The largest absolute Gasteiger partial charge is 0.443 e. The molecule has 2 aliphatic rings. The zero-order chi connectivity index (χ0) is 22.8. The summed E-state index contributed by atoms with van der Waals surface area (Å²) < 4.78 is 5.62. The van der Waals surface area contributed by atoms with Crippen molar-refractivity contribution in [1.29, 1.82) is 0 Å². The lowest BCUT2D eigenvalue weighted by Crippen LogP contribution is -2.66. The summed E-state index contributed by atoms with van der Waals surface area (Å²) >= 11 is 0. The molecule has 1 fully saturated rings. The van der Waals surface area contributed by atoms with E-state index in [1.54, 1.807) is 0 Å². The van der Waals surface area contributed by atoms with Crippen molar-refractivity contribution in [2.24, 2.45) is 0 Å². The van der Waals surface area contributed by atoms with Gasteiger partial charge in [-0.05, 0) is 31.9 Å². The van der Waals surface area contributed by atoms with Crippen LogP contribution in [-0.2, 0) is 22.6 Å². The van der Waals surface area contributed by atoms with Gasteiger partial charge in [-0.2, -0.15) is 0 Å². The molecule has 0 N–H and O–H groups in total. The zero-order valence-electron chi connectivity index (χ0n) is 19.0. The number of hydrogen-bond donors (Lipinski definition) is 0. The number of imide groups is 1. The second kappa shape index (κ2) is 8.88. The molecule has 0 bridgehead atoms. The first kappa shape index (κ1) is 22.2. The van der Waals surface area contributed by atoms with Gasteiger partial charge < -0.3 is 4.74 Å². The van der Waals surface area contributed by atoms with Crippen LogP contribution in [0.1, 0.15) is 31.9 Å². The third-order valence-electron chi connectivity index (χ3n) is 5.67. The minimum Gasteiger partial charge on any atom is -0.443 e. The van der Waals surface area contributed by atoms with Crippen LogP contribution in [0.5, 0.6) is 0 Å². The third-order valence-corrected chi connectivity index (χ3v) is 5.67. The smallest absolute Gasteiger partial charge is 0.418 e. The van der Waals surface area contributed by atoms with E-state index in [0.717, 1.165) is 19.8 Å². The van der Waals surface area contributed by atoms with Crippen molar-refractivity contribution < 1.29 is 14.3 Å². The Balaban J connectivity index is 1.62.